The zero-order valence-corrected chi connectivity index (χ0v) is 19.9. The molecule has 32 heavy (non-hydrogen) atoms. The molecule has 0 aromatic heterocycles. The van der Waals surface area contributed by atoms with Gasteiger partial charge in [-0.1, -0.05) is 19.8 Å². The van der Waals surface area contributed by atoms with Crippen molar-refractivity contribution in [1.29, 1.82) is 0 Å². The van der Waals surface area contributed by atoms with Crippen LogP contribution in [-0.2, 0) is 19.0 Å². The molecule has 6 nitrogen and oxygen atoms in total. The molecule has 172 valence electrons. The van der Waals surface area contributed by atoms with Crippen LogP contribution in [0.4, 0.5) is 0 Å². The molecule has 6 heteroatoms. The van der Waals surface area contributed by atoms with Gasteiger partial charge >= 0.3 is 0 Å². The van der Waals surface area contributed by atoms with Crippen molar-refractivity contribution >= 4 is 11.5 Å². The summed E-state index contributed by atoms with van der Waals surface area (Å²) in [5.74, 6) is 8.08. The number of hydrogen-bond donors (Lipinski definition) is 1. The zero-order valence-electron chi connectivity index (χ0n) is 19.9. The van der Waals surface area contributed by atoms with Gasteiger partial charge in [0.25, 0.3) is 5.91 Å². The predicted molar refractivity (Wildman–Crippen MR) is 124 cm³/mol. The molecule has 1 amide bonds. The quantitative estimate of drug-likeness (QED) is 0.514. The Balaban J connectivity index is 2.14. The van der Waals surface area contributed by atoms with Gasteiger partial charge in [0, 0.05) is 42.7 Å². The third-order valence-corrected chi connectivity index (χ3v) is 5.69. The van der Waals surface area contributed by atoms with E-state index in [2.05, 4.69) is 31.0 Å². The van der Waals surface area contributed by atoms with Gasteiger partial charge in [-0.3, -0.25) is 4.79 Å². The molecule has 0 saturated carbocycles. The number of ether oxygens (including phenoxy) is 4. The highest BCUT2D eigenvalue weighted by Gasteiger charge is 2.34. The fraction of sp³-hybridized carbons (Fsp3) is 0.500. The Bertz CT molecular complexity index is 993. The van der Waals surface area contributed by atoms with Crippen LogP contribution in [-0.4, -0.2) is 46.0 Å². The van der Waals surface area contributed by atoms with Gasteiger partial charge in [-0.25, -0.2) is 0 Å². The van der Waals surface area contributed by atoms with Crippen molar-refractivity contribution in [3.63, 3.8) is 0 Å². The Kier molecular flexibility index (Phi) is 8.00. The summed E-state index contributed by atoms with van der Waals surface area (Å²) < 4.78 is 23.5. The lowest BCUT2D eigenvalue weighted by Gasteiger charge is -2.26. The topological polar surface area (TPSA) is 66.0 Å². The number of nitrogens with one attached hydrogen (secondary N) is 1. The van der Waals surface area contributed by atoms with E-state index in [1.807, 2.05) is 19.1 Å². The molecule has 1 N–H and O–H groups in total. The minimum Gasteiger partial charge on any atom is -0.496 e. The van der Waals surface area contributed by atoms with E-state index in [0.717, 1.165) is 34.4 Å². The lowest BCUT2D eigenvalue weighted by atomic mass is 9.94. The van der Waals surface area contributed by atoms with Crippen molar-refractivity contribution in [2.24, 2.45) is 5.92 Å². The predicted octanol–water partition coefficient (Wildman–Crippen LogP) is 3.97. The Hall–Kier alpha value is -2.75. The van der Waals surface area contributed by atoms with E-state index in [4.69, 9.17) is 18.9 Å². The molecule has 3 rings (SSSR count). The van der Waals surface area contributed by atoms with Crippen LogP contribution in [0.25, 0.3) is 5.57 Å². The van der Waals surface area contributed by atoms with Gasteiger partial charge in [-0.05, 0) is 38.0 Å². The van der Waals surface area contributed by atoms with Gasteiger partial charge in [0.1, 0.15) is 17.3 Å². The van der Waals surface area contributed by atoms with E-state index < -0.39 is 0 Å². The number of hydrogen-bond acceptors (Lipinski definition) is 5. The molecular weight excluding hydrogens is 406 g/mol. The van der Waals surface area contributed by atoms with Gasteiger partial charge in [0.15, 0.2) is 0 Å². The van der Waals surface area contributed by atoms with E-state index >= 15 is 0 Å². The molecule has 2 heterocycles. The second-order valence-electron chi connectivity index (χ2n) is 8.26. The standard InChI is InChI=1S/C26H33NO5/c1-7-8-18-13-17(4)23(22(14-18)30-6)24-21-10-9-20(31-12-11-29-5)19(15-27-26(24)28)25(32-21)16(2)3/h13-14,16,20H,9-12,15H2,1-6H3,(H,27,28). The van der Waals surface area contributed by atoms with Gasteiger partial charge < -0.3 is 24.3 Å². The third-order valence-electron chi connectivity index (χ3n) is 5.69. The summed E-state index contributed by atoms with van der Waals surface area (Å²) in [4.78, 5) is 13.4. The molecule has 0 spiro atoms. The van der Waals surface area contributed by atoms with Gasteiger partial charge in [0.2, 0.25) is 0 Å². The van der Waals surface area contributed by atoms with Crippen molar-refractivity contribution in [2.75, 3.05) is 34.0 Å². The fourth-order valence-corrected chi connectivity index (χ4v) is 4.26. The molecule has 1 unspecified atom stereocenters. The Morgan fingerprint density at radius 2 is 2.03 bits per heavy atom. The van der Waals surface area contributed by atoms with Crippen LogP contribution < -0.4 is 10.1 Å². The minimum atomic E-state index is -0.173. The molecule has 0 fully saturated rings. The Morgan fingerprint density at radius 3 is 2.69 bits per heavy atom. The monoisotopic (exact) mass is 439 g/mol. The SMILES string of the molecule is CC#Cc1cc(C)c(C2=C3CCC(OCCOC)C(=C(C(C)C)O3)CNC2=O)c(OC)c1. The van der Waals surface area contributed by atoms with Gasteiger partial charge in [-0.2, -0.15) is 0 Å². The van der Waals surface area contributed by atoms with Crippen molar-refractivity contribution in [3.8, 4) is 17.6 Å². The highest BCUT2D eigenvalue weighted by atomic mass is 16.5. The summed E-state index contributed by atoms with van der Waals surface area (Å²) in [6, 6.07) is 3.85. The van der Waals surface area contributed by atoms with Crippen molar-refractivity contribution < 1.29 is 23.7 Å². The molecular formula is C26H33NO5. The molecule has 0 aliphatic carbocycles. The highest BCUT2D eigenvalue weighted by Crippen LogP contribution is 2.40. The van der Waals surface area contributed by atoms with E-state index in [0.29, 0.717) is 43.3 Å². The number of carbonyl (C=O) groups is 1. The maximum absolute atomic E-state index is 13.4. The summed E-state index contributed by atoms with van der Waals surface area (Å²) >= 11 is 0. The second kappa shape index (κ2) is 10.7. The molecule has 2 aliphatic heterocycles. The first-order chi connectivity index (χ1) is 15.4. The largest absolute Gasteiger partial charge is 0.496 e. The van der Waals surface area contributed by atoms with Crippen LogP contribution in [0.1, 0.15) is 50.3 Å². The molecule has 1 aromatic carbocycles. The molecule has 1 atom stereocenters. The molecule has 0 radical (unpaired) electrons. The summed E-state index contributed by atoms with van der Waals surface area (Å²) in [5, 5.41) is 3.10. The highest BCUT2D eigenvalue weighted by molar-refractivity contribution is 6.21. The summed E-state index contributed by atoms with van der Waals surface area (Å²) in [6.45, 7) is 9.34. The van der Waals surface area contributed by atoms with E-state index in [1.54, 1.807) is 21.1 Å². The molecule has 1 aromatic rings. The first kappa shape index (κ1) is 23.9. The van der Waals surface area contributed by atoms with E-state index in [-0.39, 0.29) is 17.9 Å². The normalized spacial score (nSPS) is 18.5. The van der Waals surface area contributed by atoms with E-state index in [1.165, 1.54) is 0 Å². The van der Waals surface area contributed by atoms with Crippen LogP contribution >= 0.6 is 0 Å². The number of methoxy groups -OCH3 is 2. The van der Waals surface area contributed by atoms with Crippen molar-refractivity contribution in [1.82, 2.24) is 5.32 Å². The lowest BCUT2D eigenvalue weighted by molar-refractivity contribution is -0.115. The number of amides is 1. The number of fused-ring (bicyclic) bond motifs is 2. The number of aryl methyl sites for hydroxylation is 1. The minimum absolute atomic E-state index is 0.134. The van der Waals surface area contributed by atoms with Crippen LogP contribution in [0.2, 0.25) is 0 Å². The van der Waals surface area contributed by atoms with Crippen molar-refractivity contribution in [2.45, 2.75) is 46.6 Å². The third kappa shape index (κ3) is 5.01. The number of rotatable bonds is 7. The maximum atomic E-state index is 13.4. The van der Waals surface area contributed by atoms with Gasteiger partial charge in [-0.15, -0.1) is 5.92 Å². The molecule has 2 bridgehead atoms. The Morgan fingerprint density at radius 1 is 1.25 bits per heavy atom. The van der Waals surface area contributed by atoms with E-state index in [9.17, 15) is 4.79 Å². The summed E-state index contributed by atoms with van der Waals surface area (Å²) in [6.07, 6.45) is 1.17. The van der Waals surface area contributed by atoms with Crippen molar-refractivity contribution in [3.05, 3.63) is 45.9 Å². The van der Waals surface area contributed by atoms with Crippen LogP contribution in [0.15, 0.2) is 29.2 Å². The first-order valence-electron chi connectivity index (χ1n) is 11.1. The fourth-order valence-electron chi connectivity index (χ4n) is 4.26. The van der Waals surface area contributed by atoms with Crippen LogP contribution in [0.3, 0.4) is 0 Å². The number of allylic oxidation sites excluding steroid dienone is 2. The average molecular weight is 440 g/mol. The number of carbonyl (C=O) groups excluding carboxylic acids is 1. The Labute approximate surface area is 191 Å². The summed E-state index contributed by atoms with van der Waals surface area (Å²) in [5.41, 5.74) is 4.02. The lowest BCUT2D eigenvalue weighted by Crippen LogP contribution is -2.33. The second-order valence-corrected chi connectivity index (χ2v) is 8.26. The molecule has 0 saturated heterocycles. The first-order valence-corrected chi connectivity index (χ1v) is 11.1. The van der Waals surface area contributed by atoms with Crippen LogP contribution in [0, 0.1) is 24.7 Å². The molecule has 2 aliphatic rings. The van der Waals surface area contributed by atoms with Crippen LogP contribution in [0.5, 0.6) is 5.75 Å². The zero-order chi connectivity index (χ0) is 23.3. The number of benzene rings is 1. The summed E-state index contributed by atoms with van der Waals surface area (Å²) in [7, 11) is 3.27. The smallest absolute Gasteiger partial charge is 0.255 e. The maximum Gasteiger partial charge on any atom is 0.255 e. The average Bonchev–Trinajstić information content (AvgIpc) is 2.89. The van der Waals surface area contributed by atoms with Gasteiger partial charge in [0.05, 0.1) is 32.0 Å².